The quantitative estimate of drug-likeness (QED) is 0.274. The van der Waals surface area contributed by atoms with Gasteiger partial charge in [-0.2, -0.15) is 0 Å². The van der Waals surface area contributed by atoms with Crippen LogP contribution in [0.5, 0.6) is 0 Å². The predicted octanol–water partition coefficient (Wildman–Crippen LogP) is 6.67. The molecule has 4 rings (SSSR count). The molecule has 1 unspecified atom stereocenters. The zero-order chi connectivity index (χ0) is 22.4. The van der Waals surface area contributed by atoms with Crippen LogP contribution in [0.25, 0.3) is 0 Å². The summed E-state index contributed by atoms with van der Waals surface area (Å²) in [5.74, 6) is 0. The van der Waals surface area contributed by atoms with Crippen LogP contribution >= 0.6 is 15.8 Å². The fourth-order valence-electron chi connectivity index (χ4n) is 4.18. The molecule has 4 aromatic rings. The van der Waals surface area contributed by atoms with Crippen molar-refractivity contribution in [3.63, 3.8) is 0 Å². The Bertz CT molecular complexity index is 992. The lowest BCUT2D eigenvalue weighted by molar-refractivity contribution is 0.410. The second kappa shape index (κ2) is 10.6. The SMILES string of the molecule is CC(C)(C)C(CP(c1ccccc1)c1ccccc1)P(c1ccccc1)c1ccccc1. The zero-order valence-corrected chi connectivity index (χ0v) is 21.0. The second-order valence-electron chi connectivity index (χ2n) is 9.20. The molecule has 2 heteroatoms. The van der Waals surface area contributed by atoms with Gasteiger partial charge in [0.05, 0.1) is 0 Å². The van der Waals surface area contributed by atoms with Gasteiger partial charge < -0.3 is 0 Å². The minimum absolute atomic E-state index is 0.182. The van der Waals surface area contributed by atoms with E-state index in [-0.39, 0.29) is 5.41 Å². The lowest BCUT2D eigenvalue weighted by Gasteiger charge is -2.40. The highest BCUT2D eigenvalue weighted by Crippen LogP contribution is 2.52. The largest absolute Gasteiger partial charge is 0.0622 e. The summed E-state index contributed by atoms with van der Waals surface area (Å²) in [5, 5.41) is 5.90. The molecule has 32 heavy (non-hydrogen) atoms. The monoisotopic (exact) mass is 454 g/mol. The normalized spacial score (nSPS) is 12.8. The topological polar surface area (TPSA) is 0 Å². The number of benzene rings is 4. The molecule has 0 bridgehead atoms. The molecular weight excluding hydrogens is 422 g/mol. The van der Waals surface area contributed by atoms with Crippen LogP contribution in [0.1, 0.15) is 20.8 Å². The van der Waals surface area contributed by atoms with Crippen molar-refractivity contribution >= 4 is 37.1 Å². The van der Waals surface area contributed by atoms with Crippen LogP contribution in [0.15, 0.2) is 121 Å². The lowest BCUT2D eigenvalue weighted by Crippen LogP contribution is -2.36. The van der Waals surface area contributed by atoms with Crippen LogP contribution in [-0.2, 0) is 0 Å². The van der Waals surface area contributed by atoms with E-state index < -0.39 is 15.8 Å². The third kappa shape index (κ3) is 5.56. The summed E-state index contributed by atoms with van der Waals surface area (Å²) in [7, 11) is -0.951. The van der Waals surface area contributed by atoms with Crippen LogP contribution in [0.4, 0.5) is 0 Å². The van der Waals surface area contributed by atoms with Crippen LogP contribution in [-0.4, -0.2) is 11.8 Å². The van der Waals surface area contributed by atoms with E-state index in [9.17, 15) is 0 Å². The average molecular weight is 455 g/mol. The third-order valence-electron chi connectivity index (χ3n) is 5.87. The van der Waals surface area contributed by atoms with Crippen molar-refractivity contribution in [2.75, 3.05) is 6.16 Å². The molecule has 4 aromatic carbocycles. The fourth-order valence-corrected chi connectivity index (χ4v) is 10.8. The van der Waals surface area contributed by atoms with E-state index >= 15 is 0 Å². The van der Waals surface area contributed by atoms with Crippen molar-refractivity contribution < 1.29 is 0 Å². The van der Waals surface area contributed by atoms with Gasteiger partial charge in [-0.25, -0.2) is 0 Å². The van der Waals surface area contributed by atoms with Crippen molar-refractivity contribution in [3.8, 4) is 0 Å². The molecule has 0 nitrogen and oxygen atoms in total. The number of hydrogen-bond donors (Lipinski definition) is 0. The highest BCUT2D eigenvalue weighted by molar-refractivity contribution is 7.77. The number of hydrogen-bond acceptors (Lipinski definition) is 0. The van der Waals surface area contributed by atoms with E-state index in [4.69, 9.17) is 0 Å². The van der Waals surface area contributed by atoms with E-state index in [1.807, 2.05) is 0 Å². The van der Waals surface area contributed by atoms with Crippen molar-refractivity contribution in [1.29, 1.82) is 0 Å². The molecule has 162 valence electrons. The van der Waals surface area contributed by atoms with E-state index in [0.717, 1.165) is 0 Å². The van der Waals surface area contributed by atoms with Gasteiger partial charge in [0.2, 0.25) is 0 Å². The van der Waals surface area contributed by atoms with E-state index in [1.165, 1.54) is 27.4 Å². The summed E-state index contributed by atoms with van der Waals surface area (Å²) >= 11 is 0. The summed E-state index contributed by atoms with van der Waals surface area (Å²) in [6.45, 7) is 7.30. The minimum Gasteiger partial charge on any atom is -0.0622 e. The van der Waals surface area contributed by atoms with Gasteiger partial charge in [0.15, 0.2) is 0 Å². The molecule has 1 atom stereocenters. The third-order valence-corrected chi connectivity index (χ3v) is 12.0. The molecule has 0 fully saturated rings. The maximum absolute atomic E-state index is 2.43. The van der Waals surface area contributed by atoms with Crippen LogP contribution in [0.3, 0.4) is 0 Å². The summed E-state index contributed by atoms with van der Waals surface area (Å²) in [6, 6.07) is 44.7. The van der Waals surface area contributed by atoms with Gasteiger partial charge in [0, 0.05) is 0 Å². The van der Waals surface area contributed by atoms with Gasteiger partial charge in [-0.15, -0.1) is 0 Å². The van der Waals surface area contributed by atoms with Gasteiger partial charge in [0.25, 0.3) is 0 Å². The van der Waals surface area contributed by atoms with Crippen molar-refractivity contribution in [2.24, 2.45) is 5.41 Å². The van der Waals surface area contributed by atoms with Crippen LogP contribution in [0.2, 0.25) is 0 Å². The zero-order valence-electron chi connectivity index (χ0n) is 19.2. The molecule has 0 aromatic heterocycles. The van der Waals surface area contributed by atoms with Crippen LogP contribution in [0, 0.1) is 5.41 Å². The maximum atomic E-state index is 2.43. The van der Waals surface area contributed by atoms with E-state index in [2.05, 4.69) is 142 Å². The molecule has 0 spiro atoms. The first-order valence-corrected chi connectivity index (χ1v) is 14.2. The Morgan fingerprint density at radius 2 is 0.812 bits per heavy atom. The van der Waals surface area contributed by atoms with Gasteiger partial charge in [0.1, 0.15) is 0 Å². The fraction of sp³-hybridized carbons (Fsp3) is 0.200. The molecule has 0 amide bonds. The Balaban J connectivity index is 1.82. The van der Waals surface area contributed by atoms with E-state index in [0.29, 0.717) is 5.66 Å². The standard InChI is InChI=1S/C30H32P2/c1-30(2,3)29(32(27-20-12-6-13-21-27)28-22-14-7-15-23-28)24-31(25-16-8-4-9-17-25)26-18-10-5-11-19-26/h4-23,29H,24H2,1-3H3. The Hall–Kier alpha value is -2.26. The summed E-state index contributed by atoms with van der Waals surface area (Å²) in [6.07, 6.45) is 1.18. The van der Waals surface area contributed by atoms with Gasteiger partial charge in [-0.05, 0) is 54.3 Å². The molecule has 0 aliphatic rings. The molecular formula is C30H32P2. The summed E-state index contributed by atoms with van der Waals surface area (Å²) < 4.78 is 0. The first-order chi connectivity index (χ1) is 15.5. The first kappa shape index (κ1) is 22.9. The maximum Gasteiger partial charge on any atom is -0.00348 e. The van der Waals surface area contributed by atoms with Gasteiger partial charge >= 0.3 is 0 Å². The average Bonchev–Trinajstić information content (AvgIpc) is 2.83. The molecule has 0 heterocycles. The molecule has 0 aliphatic heterocycles. The highest BCUT2D eigenvalue weighted by atomic mass is 31.1. The summed E-state index contributed by atoms with van der Waals surface area (Å²) in [5.41, 5.74) is 0.732. The van der Waals surface area contributed by atoms with Crippen LogP contribution < -0.4 is 21.2 Å². The molecule has 0 aliphatic carbocycles. The first-order valence-electron chi connectivity index (χ1n) is 11.3. The second-order valence-corrected chi connectivity index (χ2v) is 13.9. The Labute approximate surface area is 196 Å². The Morgan fingerprint density at radius 1 is 0.500 bits per heavy atom. The molecule has 0 N–H and O–H groups in total. The minimum atomic E-state index is -0.499. The smallest absolute Gasteiger partial charge is 0.00348 e. The summed E-state index contributed by atoms with van der Waals surface area (Å²) in [4.78, 5) is 0. The Kier molecular flexibility index (Phi) is 7.57. The molecule has 0 radical (unpaired) electrons. The van der Waals surface area contributed by atoms with Crippen molar-refractivity contribution in [2.45, 2.75) is 26.4 Å². The lowest BCUT2D eigenvalue weighted by atomic mass is 9.93. The van der Waals surface area contributed by atoms with Gasteiger partial charge in [-0.1, -0.05) is 142 Å². The molecule has 0 saturated carbocycles. The molecule has 0 saturated heterocycles. The highest BCUT2D eigenvalue weighted by Gasteiger charge is 2.36. The van der Waals surface area contributed by atoms with Crippen molar-refractivity contribution in [1.82, 2.24) is 0 Å². The predicted molar refractivity (Wildman–Crippen MR) is 146 cm³/mol. The van der Waals surface area contributed by atoms with E-state index in [1.54, 1.807) is 0 Å². The number of rotatable bonds is 7. The Morgan fingerprint density at radius 3 is 1.12 bits per heavy atom. The van der Waals surface area contributed by atoms with Gasteiger partial charge in [-0.3, -0.25) is 0 Å². The van der Waals surface area contributed by atoms with Crippen molar-refractivity contribution in [3.05, 3.63) is 121 Å².